The molecule has 0 saturated carbocycles. The number of fused-ring (bicyclic) bond motifs is 1. The van der Waals surface area contributed by atoms with Crippen molar-refractivity contribution in [1.29, 1.82) is 0 Å². The Balaban J connectivity index is 1.71. The van der Waals surface area contributed by atoms with Crippen molar-refractivity contribution in [1.82, 2.24) is 9.88 Å². The molecular weight excluding hydrogens is 364 g/mol. The van der Waals surface area contributed by atoms with Crippen LogP contribution in [0.4, 0.5) is 0 Å². The fourth-order valence-corrected chi connectivity index (χ4v) is 4.09. The smallest absolute Gasteiger partial charge is 0.290 e. The second-order valence-corrected chi connectivity index (χ2v) is 7.36. The number of aliphatic hydroxyl groups is 1. The Morgan fingerprint density at radius 2 is 1.83 bits per heavy atom. The molecule has 0 saturated heterocycles. The van der Waals surface area contributed by atoms with E-state index < -0.39 is 17.7 Å². The number of ketones is 1. The lowest BCUT2D eigenvalue weighted by Gasteiger charge is -2.26. The van der Waals surface area contributed by atoms with Gasteiger partial charge in [-0.05, 0) is 24.5 Å². The number of hydrogen-bond acceptors (Lipinski definition) is 3. The number of benzene rings is 2. The number of carbonyl (C=O) groups excluding carboxylic acids is 2. The molecule has 0 radical (unpaired) electrons. The van der Waals surface area contributed by atoms with Crippen molar-refractivity contribution in [3.8, 4) is 0 Å². The number of nitrogens with zero attached hydrogens (tertiary/aromatic N) is 1. The van der Waals surface area contributed by atoms with E-state index in [0.717, 1.165) is 28.5 Å². The van der Waals surface area contributed by atoms with Gasteiger partial charge in [-0.1, -0.05) is 55.5 Å². The Morgan fingerprint density at radius 1 is 1.10 bits per heavy atom. The molecule has 2 aromatic carbocycles. The first-order valence-corrected chi connectivity index (χ1v) is 9.99. The Bertz CT molecular complexity index is 1080. The third-order valence-corrected chi connectivity index (χ3v) is 5.47. The largest absolute Gasteiger partial charge is 0.503 e. The van der Waals surface area contributed by atoms with Gasteiger partial charge in [-0.15, -0.1) is 0 Å². The molecule has 0 spiro atoms. The van der Waals surface area contributed by atoms with Crippen LogP contribution in [-0.4, -0.2) is 33.2 Å². The predicted octanol–water partition coefficient (Wildman–Crippen LogP) is 4.48. The highest BCUT2D eigenvalue weighted by Gasteiger charge is 2.43. The van der Waals surface area contributed by atoms with E-state index in [1.54, 1.807) is 4.90 Å². The summed E-state index contributed by atoms with van der Waals surface area (Å²) < 4.78 is 0. The van der Waals surface area contributed by atoms with Crippen LogP contribution in [0, 0.1) is 0 Å². The van der Waals surface area contributed by atoms with Crippen LogP contribution in [0.5, 0.6) is 0 Å². The van der Waals surface area contributed by atoms with Crippen molar-refractivity contribution in [2.45, 2.75) is 32.2 Å². The topological polar surface area (TPSA) is 73.4 Å². The molecule has 148 valence electrons. The van der Waals surface area contributed by atoms with E-state index >= 15 is 0 Å². The van der Waals surface area contributed by atoms with Crippen molar-refractivity contribution in [3.05, 3.63) is 83.3 Å². The minimum absolute atomic E-state index is 0.186. The van der Waals surface area contributed by atoms with Gasteiger partial charge in [-0.2, -0.15) is 0 Å². The maximum absolute atomic E-state index is 13.2. The number of H-pyrrole nitrogens is 1. The number of nitrogens with one attached hydrogen (secondary N) is 1. The Labute approximate surface area is 169 Å². The Hall–Kier alpha value is -3.34. The molecule has 1 atom stereocenters. The molecule has 5 heteroatoms. The fourth-order valence-electron chi connectivity index (χ4n) is 4.09. The lowest BCUT2D eigenvalue weighted by atomic mass is 9.93. The molecule has 3 aromatic rings. The van der Waals surface area contributed by atoms with Crippen molar-refractivity contribution in [2.75, 3.05) is 6.54 Å². The van der Waals surface area contributed by atoms with Gasteiger partial charge in [0.1, 0.15) is 0 Å². The van der Waals surface area contributed by atoms with Gasteiger partial charge in [-0.3, -0.25) is 9.59 Å². The minimum atomic E-state index is -0.568. The SMILES string of the molecule is CCCN1C(=O)C(O)=C(C(=O)CCc2ccccc2)C1c1c[nH]c2ccccc12. The third kappa shape index (κ3) is 3.44. The molecule has 1 aliphatic rings. The zero-order chi connectivity index (χ0) is 20.4. The quantitative estimate of drug-likeness (QED) is 0.627. The number of para-hydroxylation sites is 1. The summed E-state index contributed by atoms with van der Waals surface area (Å²) >= 11 is 0. The molecule has 1 aliphatic heterocycles. The van der Waals surface area contributed by atoms with Gasteiger partial charge in [0.2, 0.25) is 0 Å². The minimum Gasteiger partial charge on any atom is -0.503 e. The molecular formula is C24H24N2O3. The van der Waals surface area contributed by atoms with Gasteiger partial charge in [0, 0.05) is 35.6 Å². The first-order valence-electron chi connectivity index (χ1n) is 9.99. The molecule has 29 heavy (non-hydrogen) atoms. The van der Waals surface area contributed by atoms with E-state index in [2.05, 4.69) is 4.98 Å². The van der Waals surface area contributed by atoms with Crippen molar-refractivity contribution >= 4 is 22.6 Å². The maximum atomic E-state index is 13.2. The Morgan fingerprint density at radius 3 is 2.59 bits per heavy atom. The van der Waals surface area contributed by atoms with Crippen LogP contribution in [0.25, 0.3) is 10.9 Å². The highest BCUT2D eigenvalue weighted by atomic mass is 16.3. The summed E-state index contributed by atoms with van der Waals surface area (Å²) in [6.07, 6.45) is 3.40. The summed E-state index contributed by atoms with van der Waals surface area (Å²) in [6.45, 7) is 2.45. The second kappa shape index (κ2) is 7.95. The zero-order valence-electron chi connectivity index (χ0n) is 16.4. The van der Waals surface area contributed by atoms with E-state index in [1.807, 2.05) is 67.7 Å². The number of carbonyl (C=O) groups is 2. The van der Waals surface area contributed by atoms with Crippen LogP contribution in [0.2, 0.25) is 0 Å². The van der Waals surface area contributed by atoms with E-state index in [9.17, 15) is 14.7 Å². The van der Waals surface area contributed by atoms with Crippen LogP contribution >= 0.6 is 0 Å². The molecule has 1 aromatic heterocycles. The van der Waals surface area contributed by atoms with E-state index in [0.29, 0.717) is 13.0 Å². The fraction of sp³-hybridized carbons (Fsp3) is 0.250. The average molecular weight is 388 g/mol. The number of aromatic amines is 1. The van der Waals surface area contributed by atoms with Crippen LogP contribution < -0.4 is 0 Å². The van der Waals surface area contributed by atoms with Crippen LogP contribution in [-0.2, 0) is 16.0 Å². The highest BCUT2D eigenvalue weighted by molar-refractivity contribution is 6.09. The molecule has 2 heterocycles. The summed E-state index contributed by atoms with van der Waals surface area (Å²) in [7, 11) is 0. The summed E-state index contributed by atoms with van der Waals surface area (Å²) in [6, 6.07) is 17.0. The molecule has 5 nitrogen and oxygen atoms in total. The lowest BCUT2D eigenvalue weighted by Crippen LogP contribution is -2.31. The number of amides is 1. The van der Waals surface area contributed by atoms with Gasteiger partial charge in [-0.25, -0.2) is 0 Å². The second-order valence-electron chi connectivity index (χ2n) is 7.36. The van der Waals surface area contributed by atoms with E-state index in [-0.39, 0.29) is 17.8 Å². The van der Waals surface area contributed by atoms with Crippen molar-refractivity contribution < 1.29 is 14.7 Å². The highest BCUT2D eigenvalue weighted by Crippen LogP contribution is 2.41. The monoisotopic (exact) mass is 388 g/mol. The molecule has 2 N–H and O–H groups in total. The summed E-state index contributed by atoms with van der Waals surface area (Å²) in [5, 5.41) is 11.6. The average Bonchev–Trinajstić information content (AvgIpc) is 3.27. The number of hydrogen-bond donors (Lipinski definition) is 2. The molecule has 0 aliphatic carbocycles. The number of Topliss-reactive ketones (excluding diaryl/α,β-unsaturated/α-hetero) is 1. The molecule has 0 bridgehead atoms. The van der Waals surface area contributed by atoms with E-state index in [1.165, 1.54) is 0 Å². The van der Waals surface area contributed by atoms with Crippen molar-refractivity contribution in [2.24, 2.45) is 0 Å². The summed E-state index contributed by atoms with van der Waals surface area (Å²) in [4.78, 5) is 30.8. The molecule has 4 rings (SSSR count). The number of rotatable bonds is 7. The van der Waals surface area contributed by atoms with Gasteiger partial charge in [0.25, 0.3) is 5.91 Å². The van der Waals surface area contributed by atoms with Gasteiger partial charge in [0.15, 0.2) is 11.5 Å². The zero-order valence-corrected chi connectivity index (χ0v) is 16.4. The summed E-state index contributed by atoms with van der Waals surface area (Å²) in [5.41, 5.74) is 3.05. The lowest BCUT2D eigenvalue weighted by molar-refractivity contribution is -0.129. The molecule has 1 unspecified atom stereocenters. The van der Waals surface area contributed by atoms with Gasteiger partial charge >= 0.3 is 0 Å². The Kier molecular flexibility index (Phi) is 5.21. The predicted molar refractivity (Wildman–Crippen MR) is 112 cm³/mol. The normalized spacial score (nSPS) is 16.8. The van der Waals surface area contributed by atoms with Crippen LogP contribution in [0.3, 0.4) is 0 Å². The molecule has 1 amide bonds. The molecule has 0 fully saturated rings. The standard InChI is InChI=1S/C24H24N2O3/c1-2-14-26-22(18-15-25-19-11-7-6-10-17(18)19)21(23(28)24(26)29)20(27)13-12-16-8-4-3-5-9-16/h3-11,15,22,25,28H,2,12-14H2,1H3. The van der Waals surface area contributed by atoms with Crippen molar-refractivity contribution in [3.63, 3.8) is 0 Å². The van der Waals surface area contributed by atoms with Crippen LogP contribution in [0.1, 0.15) is 36.9 Å². The van der Waals surface area contributed by atoms with E-state index in [4.69, 9.17) is 0 Å². The third-order valence-electron chi connectivity index (χ3n) is 5.47. The van der Waals surface area contributed by atoms with Crippen LogP contribution in [0.15, 0.2) is 72.1 Å². The number of aryl methyl sites for hydroxylation is 1. The first kappa shape index (κ1) is 19.0. The number of aromatic nitrogens is 1. The number of aliphatic hydroxyl groups excluding tert-OH is 1. The van der Waals surface area contributed by atoms with Gasteiger partial charge in [0.05, 0.1) is 11.6 Å². The van der Waals surface area contributed by atoms with Gasteiger partial charge < -0.3 is 15.0 Å². The first-order chi connectivity index (χ1) is 14.1. The maximum Gasteiger partial charge on any atom is 0.290 e. The summed E-state index contributed by atoms with van der Waals surface area (Å²) in [5.74, 6) is -1.06.